The Kier molecular flexibility index (Phi) is 4.39. The number of nitrogens with zero attached hydrogens (tertiary/aromatic N) is 2. The standard InChI is InChI=1S/C16H22N4S/c1-3-7-17-14-11(2)15(18-9-12-6-8-21-10-12)20-16(19-14)13-4-5-13/h6,8,10,13H,3-5,7,9H2,1-2H3,(H2,17,18,19,20). The summed E-state index contributed by atoms with van der Waals surface area (Å²) in [5.41, 5.74) is 2.41. The third-order valence-corrected chi connectivity index (χ3v) is 4.42. The van der Waals surface area contributed by atoms with Crippen molar-refractivity contribution in [2.75, 3.05) is 17.2 Å². The van der Waals surface area contributed by atoms with Gasteiger partial charge in [-0.15, -0.1) is 0 Å². The molecular formula is C16H22N4S. The maximum atomic E-state index is 4.74. The van der Waals surface area contributed by atoms with Crippen LogP contribution in [0, 0.1) is 6.92 Å². The highest BCUT2D eigenvalue weighted by Crippen LogP contribution is 2.39. The highest BCUT2D eigenvalue weighted by Gasteiger charge is 2.28. The van der Waals surface area contributed by atoms with E-state index in [-0.39, 0.29) is 0 Å². The van der Waals surface area contributed by atoms with Gasteiger partial charge in [-0.3, -0.25) is 0 Å². The summed E-state index contributed by atoms with van der Waals surface area (Å²) in [5.74, 6) is 3.51. The van der Waals surface area contributed by atoms with Crippen LogP contribution in [0.5, 0.6) is 0 Å². The zero-order chi connectivity index (χ0) is 14.7. The average molecular weight is 302 g/mol. The fourth-order valence-corrected chi connectivity index (χ4v) is 2.89. The average Bonchev–Trinajstić information content (AvgIpc) is 3.21. The molecule has 0 radical (unpaired) electrons. The van der Waals surface area contributed by atoms with Gasteiger partial charge in [-0.05, 0) is 48.6 Å². The molecule has 1 aliphatic carbocycles. The van der Waals surface area contributed by atoms with E-state index in [2.05, 4.69) is 41.3 Å². The Balaban J connectivity index is 1.80. The molecule has 0 amide bonds. The summed E-state index contributed by atoms with van der Waals surface area (Å²) in [6.07, 6.45) is 3.54. The minimum Gasteiger partial charge on any atom is -0.370 e. The second-order valence-electron chi connectivity index (χ2n) is 5.59. The van der Waals surface area contributed by atoms with E-state index in [1.165, 1.54) is 18.4 Å². The maximum Gasteiger partial charge on any atom is 0.136 e. The van der Waals surface area contributed by atoms with E-state index in [1.807, 2.05) is 0 Å². The summed E-state index contributed by atoms with van der Waals surface area (Å²) < 4.78 is 0. The number of rotatable bonds is 7. The van der Waals surface area contributed by atoms with Gasteiger partial charge in [0.1, 0.15) is 17.5 Å². The van der Waals surface area contributed by atoms with E-state index >= 15 is 0 Å². The molecule has 2 heterocycles. The quantitative estimate of drug-likeness (QED) is 0.806. The van der Waals surface area contributed by atoms with Gasteiger partial charge in [0.15, 0.2) is 0 Å². The minimum absolute atomic E-state index is 0.564. The molecule has 0 aromatic carbocycles. The lowest BCUT2D eigenvalue weighted by Gasteiger charge is -2.14. The number of hydrogen-bond acceptors (Lipinski definition) is 5. The summed E-state index contributed by atoms with van der Waals surface area (Å²) >= 11 is 1.73. The van der Waals surface area contributed by atoms with E-state index in [1.54, 1.807) is 11.3 Å². The Morgan fingerprint density at radius 3 is 2.62 bits per heavy atom. The molecule has 0 bridgehead atoms. The van der Waals surface area contributed by atoms with E-state index in [9.17, 15) is 0 Å². The van der Waals surface area contributed by atoms with Crippen LogP contribution in [0.3, 0.4) is 0 Å². The third kappa shape index (κ3) is 3.53. The fourth-order valence-electron chi connectivity index (χ4n) is 2.22. The van der Waals surface area contributed by atoms with Gasteiger partial charge >= 0.3 is 0 Å². The van der Waals surface area contributed by atoms with Crippen LogP contribution >= 0.6 is 11.3 Å². The largest absolute Gasteiger partial charge is 0.370 e. The molecule has 0 aliphatic heterocycles. The van der Waals surface area contributed by atoms with Crippen LogP contribution in [0.15, 0.2) is 16.8 Å². The molecule has 3 rings (SSSR count). The lowest BCUT2D eigenvalue weighted by atomic mass is 10.2. The number of thiophene rings is 1. The van der Waals surface area contributed by atoms with Crippen LogP contribution in [0.2, 0.25) is 0 Å². The Morgan fingerprint density at radius 1 is 1.24 bits per heavy atom. The molecule has 21 heavy (non-hydrogen) atoms. The highest BCUT2D eigenvalue weighted by molar-refractivity contribution is 7.07. The second kappa shape index (κ2) is 6.43. The van der Waals surface area contributed by atoms with Gasteiger partial charge in [-0.1, -0.05) is 6.92 Å². The number of nitrogens with one attached hydrogen (secondary N) is 2. The van der Waals surface area contributed by atoms with Crippen molar-refractivity contribution < 1.29 is 0 Å². The van der Waals surface area contributed by atoms with Crippen molar-refractivity contribution in [1.29, 1.82) is 0 Å². The summed E-state index contributed by atoms with van der Waals surface area (Å²) in [6.45, 7) is 6.02. The van der Waals surface area contributed by atoms with Gasteiger partial charge in [0.05, 0.1) is 0 Å². The topological polar surface area (TPSA) is 49.8 Å². The number of aromatic nitrogens is 2. The van der Waals surface area contributed by atoms with Gasteiger partial charge < -0.3 is 10.6 Å². The Bertz CT molecular complexity index is 591. The molecule has 112 valence electrons. The van der Waals surface area contributed by atoms with Crippen molar-refractivity contribution in [3.8, 4) is 0 Å². The van der Waals surface area contributed by atoms with Gasteiger partial charge in [-0.2, -0.15) is 11.3 Å². The molecule has 1 saturated carbocycles. The van der Waals surface area contributed by atoms with Crippen LogP contribution in [0.1, 0.15) is 49.1 Å². The SMILES string of the molecule is CCCNc1nc(C2CC2)nc(NCc2ccsc2)c1C. The van der Waals surface area contributed by atoms with E-state index in [0.29, 0.717) is 5.92 Å². The van der Waals surface area contributed by atoms with Crippen LogP contribution < -0.4 is 10.6 Å². The summed E-state index contributed by atoms with van der Waals surface area (Å²) in [7, 11) is 0. The van der Waals surface area contributed by atoms with Crippen LogP contribution in [0.25, 0.3) is 0 Å². The normalized spacial score (nSPS) is 14.2. The molecule has 2 N–H and O–H groups in total. The van der Waals surface area contributed by atoms with Crippen LogP contribution in [0.4, 0.5) is 11.6 Å². The molecule has 4 nitrogen and oxygen atoms in total. The van der Waals surface area contributed by atoms with Gasteiger partial charge in [0, 0.05) is 24.6 Å². The minimum atomic E-state index is 0.564. The van der Waals surface area contributed by atoms with Crippen molar-refractivity contribution in [3.05, 3.63) is 33.8 Å². The number of anilines is 2. The highest BCUT2D eigenvalue weighted by atomic mass is 32.1. The molecule has 1 fully saturated rings. The van der Waals surface area contributed by atoms with Crippen LogP contribution in [-0.4, -0.2) is 16.5 Å². The summed E-state index contributed by atoms with van der Waals surface area (Å²) in [6, 6.07) is 2.15. The van der Waals surface area contributed by atoms with Crippen molar-refractivity contribution in [3.63, 3.8) is 0 Å². The molecule has 5 heteroatoms. The zero-order valence-corrected chi connectivity index (χ0v) is 13.5. The molecule has 2 aromatic rings. The molecule has 0 unspecified atom stereocenters. The summed E-state index contributed by atoms with van der Waals surface area (Å²) in [5, 5.41) is 11.2. The van der Waals surface area contributed by atoms with Gasteiger partial charge in [-0.25, -0.2) is 9.97 Å². The van der Waals surface area contributed by atoms with E-state index in [0.717, 1.165) is 42.5 Å². The van der Waals surface area contributed by atoms with Crippen LogP contribution in [-0.2, 0) is 6.54 Å². The number of hydrogen-bond donors (Lipinski definition) is 2. The second-order valence-corrected chi connectivity index (χ2v) is 6.37. The predicted octanol–water partition coefficient (Wildman–Crippen LogP) is 4.16. The Hall–Kier alpha value is -1.62. The monoisotopic (exact) mass is 302 g/mol. The lowest BCUT2D eigenvalue weighted by molar-refractivity contribution is 0.895. The Morgan fingerprint density at radius 2 is 2.00 bits per heavy atom. The molecule has 0 atom stereocenters. The molecule has 0 saturated heterocycles. The van der Waals surface area contributed by atoms with Gasteiger partial charge in [0.2, 0.25) is 0 Å². The van der Waals surface area contributed by atoms with E-state index in [4.69, 9.17) is 9.97 Å². The molecular weight excluding hydrogens is 280 g/mol. The van der Waals surface area contributed by atoms with Crippen molar-refractivity contribution >= 4 is 23.0 Å². The van der Waals surface area contributed by atoms with Crippen molar-refractivity contribution in [2.45, 2.75) is 45.6 Å². The maximum absolute atomic E-state index is 4.74. The Labute approximate surface area is 130 Å². The van der Waals surface area contributed by atoms with Gasteiger partial charge in [0.25, 0.3) is 0 Å². The first kappa shape index (κ1) is 14.3. The molecule has 2 aromatic heterocycles. The van der Waals surface area contributed by atoms with E-state index < -0.39 is 0 Å². The predicted molar refractivity (Wildman–Crippen MR) is 89.2 cm³/mol. The molecule has 1 aliphatic rings. The van der Waals surface area contributed by atoms with Crippen molar-refractivity contribution in [1.82, 2.24) is 9.97 Å². The smallest absolute Gasteiger partial charge is 0.136 e. The first-order chi connectivity index (χ1) is 10.3. The lowest BCUT2D eigenvalue weighted by Crippen LogP contribution is -2.11. The first-order valence-corrected chi connectivity index (χ1v) is 8.59. The first-order valence-electron chi connectivity index (χ1n) is 7.65. The summed E-state index contributed by atoms with van der Waals surface area (Å²) in [4.78, 5) is 9.46. The third-order valence-electron chi connectivity index (χ3n) is 3.69. The molecule has 0 spiro atoms. The zero-order valence-electron chi connectivity index (χ0n) is 12.6. The van der Waals surface area contributed by atoms with Crippen molar-refractivity contribution in [2.24, 2.45) is 0 Å². The fraction of sp³-hybridized carbons (Fsp3) is 0.500.